The Hall–Kier alpha value is -1.10. The SMILES string of the molecule is CCCC[C@H](O)[C@@H](C)C(=O)N1C(=O)OC[C@@H]1C(C)C. The zero-order valence-corrected chi connectivity index (χ0v) is 12.3. The van der Waals surface area contributed by atoms with Gasteiger partial charge in [-0.05, 0) is 12.3 Å². The van der Waals surface area contributed by atoms with Crippen LogP contribution in [0.5, 0.6) is 0 Å². The van der Waals surface area contributed by atoms with E-state index in [0.29, 0.717) is 6.42 Å². The molecular weight excluding hydrogens is 246 g/mol. The maximum absolute atomic E-state index is 12.3. The number of carbonyl (C=O) groups excluding carboxylic acids is 2. The Morgan fingerprint density at radius 1 is 1.47 bits per heavy atom. The minimum absolute atomic E-state index is 0.149. The number of aliphatic hydroxyl groups is 1. The highest BCUT2D eigenvalue weighted by Gasteiger charge is 2.42. The van der Waals surface area contributed by atoms with Crippen molar-refractivity contribution < 1.29 is 19.4 Å². The second kappa shape index (κ2) is 6.89. The van der Waals surface area contributed by atoms with Crippen molar-refractivity contribution >= 4 is 12.0 Å². The summed E-state index contributed by atoms with van der Waals surface area (Å²) >= 11 is 0. The number of carbonyl (C=O) groups is 2. The lowest BCUT2D eigenvalue weighted by Crippen LogP contribution is -2.46. The van der Waals surface area contributed by atoms with E-state index < -0.39 is 18.1 Å². The van der Waals surface area contributed by atoms with Gasteiger partial charge in [-0.2, -0.15) is 0 Å². The molecule has 0 aromatic carbocycles. The van der Waals surface area contributed by atoms with E-state index >= 15 is 0 Å². The predicted octanol–water partition coefficient (Wildman–Crippen LogP) is 2.18. The highest BCUT2D eigenvalue weighted by Crippen LogP contribution is 2.23. The number of imide groups is 1. The Morgan fingerprint density at radius 2 is 2.11 bits per heavy atom. The molecule has 0 spiro atoms. The summed E-state index contributed by atoms with van der Waals surface area (Å²) in [5.41, 5.74) is 0. The summed E-state index contributed by atoms with van der Waals surface area (Å²) in [4.78, 5) is 25.2. The van der Waals surface area contributed by atoms with Crippen molar-refractivity contribution in [3.63, 3.8) is 0 Å². The molecule has 1 aliphatic heterocycles. The van der Waals surface area contributed by atoms with Gasteiger partial charge in [-0.1, -0.05) is 40.5 Å². The highest BCUT2D eigenvalue weighted by molar-refractivity contribution is 5.94. The Balaban J connectivity index is 2.71. The van der Waals surface area contributed by atoms with E-state index in [1.54, 1.807) is 6.92 Å². The lowest BCUT2D eigenvalue weighted by molar-refractivity contribution is -0.137. The van der Waals surface area contributed by atoms with E-state index in [1.165, 1.54) is 4.90 Å². The van der Waals surface area contributed by atoms with Gasteiger partial charge in [-0.25, -0.2) is 9.69 Å². The molecule has 19 heavy (non-hydrogen) atoms. The van der Waals surface area contributed by atoms with Gasteiger partial charge < -0.3 is 9.84 Å². The molecule has 0 aromatic rings. The summed E-state index contributed by atoms with van der Waals surface area (Å²) in [6.07, 6.45) is 1.14. The Bertz CT molecular complexity index is 329. The topological polar surface area (TPSA) is 66.8 Å². The van der Waals surface area contributed by atoms with E-state index in [-0.39, 0.29) is 24.5 Å². The number of hydrogen-bond donors (Lipinski definition) is 1. The molecule has 1 N–H and O–H groups in total. The van der Waals surface area contributed by atoms with Crippen LogP contribution in [0.3, 0.4) is 0 Å². The molecule has 1 fully saturated rings. The standard InChI is InChI=1S/C14H25NO4/c1-5-6-7-12(16)10(4)13(17)15-11(9(2)3)8-19-14(15)18/h9-12,16H,5-8H2,1-4H3/t10-,11-,12+/m1/s1. The van der Waals surface area contributed by atoms with Crippen molar-refractivity contribution in [1.29, 1.82) is 0 Å². The Kier molecular flexibility index (Phi) is 5.79. The molecule has 1 heterocycles. The average molecular weight is 271 g/mol. The van der Waals surface area contributed by atoms with E-state index in [0.717, 1.165) is 12.8 Å². The molecule has 0 saturated carbocycles. The number of cyclic esters (lactones) is 1. The number of ether oxygens (including phenoxy) is 1. The van der Waals surface area contributed by atoms with E-state index in [1.807, 2.05) is 20.8 Å². The third kappa shape index (κ3) is 3.69. The summed E-state index contributed by atoms with van der Waals surface area (Å²) in [5, 5.41) is 9.99. The van der Waals surface area contributed by atoms with E-state index in [2.05, 4.69) is 0 Å². The van der Waals surface area contributed by atoms with E-state index in [4.69, 9.17) is 4.74 Å². The maximum atomic E-state index is 12.3. The average Bonchev–Trinajstić information content (AvgIpc) is 2.76. The fourth-order valence-corrected chi connectivity index (χ4v) is 2.23. The number of aliphatic hydroxyl groups excluding tert-OH is 1. The van der Waals surface area contributed by atoms with Crippen LogP contribution in [0.25, 0.3) is 0 Å². The molecule has 3 atom stereocenters. The van der Waals surface area contributed by atoms with Crippen LogP contribution in [-0.4, -0.2) is 40.8 Å². The molecule has 0 bridgehead atoms. The first-order chi connectivity index (χ1) is 8.90. The van der Waals surface area contributed by atoms with Crippen LogP contribution < -0.4 is 0 Å². The second-order valence-corrected chi connectivity index (χ2v) is 5.59. The van der Waals surface area contributed by atoms with Crippen LogP contribution in [0, 0.1) is 11.8 Å². The third-order valence-electron chi connectivity index (χ3n) is 3.73. The molecule has 1 saturated heterocycles. The molecule has 2 amide bonds. The molecule has 0 unspecified atom stereocenters. The first kappa shape index (κ1) is 16.0. The molecule has 0 aromatic heterocycles. The molecule has 110 valence electrons. The van der Waals surface area contributed by atoms with Crippen molar-refractivity contribution in [3.8, 4) is 0 Å². The monoisotopic (exact) mass is 271 g/mol. The zero-order chi connectivity index (χ0) is 14.6. The lowest BCUT2D eigenvalue weighted by atomic mass is 9.96. The molecule has 5 heteroatoms. The Labute approximate surface area is 114 Å². The van der Waals surface area contributed by atoms with Gasteiger partial charge in [-0.3, -0.25) is 4.79 Å². The smallest absolute Gasteiger partial charge is 0.416 e. The lowest BCUT2D eigenvalue weighted by Gasteiger charge is -2.27. The van der Waals surface area contributed by atoms with Gasteiger partial charge in [0.2, 0.25) is 5.91 Å². The first-order valence-electron chi connectivity index (χ1n) is 7.08. The maximum Gasteiger partial charge on any atom is 0.416 e. The largest absolute Gasteiger partial charge is 0.447 e. The van der Waals surface area contributed by atoms with Gasteiger partial charge in [0.1, 0.15) is 6.61 Å². The number of unbranched alkanes of at least 4 members (excludes halogenated alkanes) is 1. The predicted molar refractivity (Wildman–Crippen MR) is 71.5 cm³/mol. The van der Waals surface area contributed by atoms with Gasteiger partial charge in [0, 0.05) is 0 Å². The van der Waals surface area contributed by atoms with Crippen molar-refractivity contribution in [2.75, 3.05) is 6.61 Å². The number of nitrogens with zero attached hydrogens (tertiary/aromatic N) is 1. The van der Waals surface area contributed by atoms with Gasteiger partial charge >= 0.3 is 6.09 Å². The summed E-state index contributed by atoms with van der Waals surface area (Å²) in [6, 6.07) is -0.221. The van der Waals surface area contributed by atoms with Crippen molar-refractivity contribution in [2.24, 2.45) is 11.8 Å². The summed E-state index contributed by atoms with van der Waals surface area (Å²) in [6.45, 7) is 7.85. The van der Waals surface area contributed by atoms with E-state index in [9.17, 15) is 14.7 Å². The van der Waals surface area contributed by atoms with Crippen molar-refractivity contribution in [3.05, 3.63) is 0 Å². The number of amides is 2. The number of rotatable bonds is 6. The molecule has 5 nitrogen and oxygen atoms in total. The Morgan fingerprint density at radius 3 is 2.63 bits per heavy atom. The molecule has 0 radical (unpaired) electrons. The zero-order valence-electron chi connectivity index (χ0n) is 12.3. The molecule has 1 aliphatic rings. The van der Waals surface area contributed by atoms with Crippen molar-refractivity contribution in [2.45, 2.75) is 59.1 Å². The minimum atomic E-state index is -0.700. The van der Waals surface area contributed by atoms with Crippen LogP contribution in [0.15, 0.2) is 0 Å². The quantitative estimate of drug-likeness (QED) is 0.804. The van der Waals surface area contributed by atoms with Crippen LogP contribution in [0.4, 0.5) is 4.79 Å². The first-order valence-corrected chi connectivity index (χ1v) is 7.08. The van der Waals surface area contributed by atoms with Crippen LogP contribution >= 0.6 is 0 Å². The molecule has 1 rings (SSSR count). The minimum Gasteiger partial charge on any atom is -0.447 e. The fourth-order valence-electron chi connectivity index (χ4n) is 2.23. The molecule has 0 aliphatic carbocycles. The number of hydrogen-bond acceptors (Lipinski definition) is 4. The second-order valence-electron chi connectivity index (χ2n) is 5.59. The van der Waals surface area contributed by atoms with Crippen LogP contribution in [0.1, 0.15) is 47.0 Å². The van der Waals surface area contributed by atoms with Crippen LogP contribution in [-0.2, 0) is 9.53 Å². The third-order valence-corrected chi connectivity index (χ3v) is 3.73. The fraction of sp³-hybridized carbons (Fsp3) is 0.857. The normalized spacial score (nSPS) is 22.5. The van der Waals surface area contributed by atoms with Gasteiger partial charge in [0.15, 0.2) is 0 Å². The summed E-state index contributed by atoms with van der Waals surface area (Å²) in [5.74, 6) is -0.751. The van der Waals surface area contributed by atoms with Gasteiger partial charge in [-0.15, -0.1) is 0 Å². The van der Waals surface area contributed by atoms with Gasteiger partial charge in [0.05, 0.1) is 18.1 Å². The molecular formula is C14H25NO4. The summed E-state index contributed by atoms with van der Waals surface area (Å²) < 4.78 is 4.96. The summed E-state index contributed by atoms with van der Waals surface area (Å²) in [7, 11) is 0. The highest BCUT2D eigenvalue weighted by atomic mass is 16.6. The van der Waals surface area contributed by atoms with Gasteiger partial charge in [0.25, 0.3) is 0 Å². The van der Waals surface area contributed by atoms with Crippen molar-refractivity contribution in [1.82, 2.24) is 4.90 Å². The van der Waals surface area contributed by atoms with Crippen LogP contribution in [0.2, 0.25) is 0 Å².